The van der Waals surface area contributed by atoms with Crippen LogP contribution in [0.1, 0.15) is 49.3 Å². The molecule has 0 bridgehead atoms. The van der Waals surface area contributed by atoms with Gasteiger partial charge in [0.2, 0.25) is 11.8 Å². The van der Waals surface area contributed by atoms with E-state index in [0.717, 1.165) is 31.2 Å². The monoisotopic (exact) mass is 488 g/mol. The predicted octanol–water partition coefficient (Wildman–Crippen LogP) is 4.47. The number of nitrogens with one attached hydrogen (secondary N) is 1. The molecular weight excluding hydrogens is 456 g/mol. The fourth-order valence-corrected chi connectivity index (χ4v) is 4.54. The number of rotatable bonds is 10. The summed E-state index contributed by atoms with van der Waals surface area (Å²) in [5, 5.41) is 3.18. The van der Waals surface area contributed by atoms with Gasteiger partial charge in [-0.05, 0) is 48.2 Å². The minimum Gasteiger partial charge on any atom is -0.497 e. The van der Waals surface area contributed by atoms with Gasteiger partial charge >= 0.3 is 0 Å². The smallest absolute Gasteiger partial charge is 0.247 e. The summed E-state index contributed by atoms with van der Waals surface area (Å²) in [6, 6.07) is 11.9. The summed E-state index contributed by atoms with van der Waals surface area (Å²) < 4.78 is 16.2. The van der Waals surface area contributed by atoms with Crippen LogP contribution in [0.2, 0.25) is 0 Å². The molecule has 0 spiro atoms. The van der Waals surface area contributed by atoms with E-state index in [9.17, 15) is 9.59 Å². The number of nitrogens with zero attached hydrogens (tertiary/aromatic N) is 1. The Balaban J connectivity index is 2.02. The topological polar surface area (TPSA) is 77.1 Å². The SMILES string of the molecule is COc1cccc(CN(C(=O)CCl)[C@@H](C(=O)NC2CCCCC2)c2ccc(OC)c(OC)c2)c1. The van der Waals surface area contributed by atoms with Crippen molar-refractivity contribution in [3.05, 3.63) is 53.6 Å². The average molecular weight is 489 g/mol. The van der Waals surface area contributed by atoms with Crippen LogP contribution >= 0.6 is 11.6 Å². The molecule has 0 unspecified atom stereocenters. The molecule has 1 aliphatic carbocycles. The molecule has 0 saturated heterocycles. The molecule has 34 heavy (non-hydrogen) atoms. The molecule has 1 saturated carbocycles. The van der Waals surface area contributed by atoms with E-state index in [1.165, 1.54) is 18.4 Å². The van der Waals surface area contributed by atoms with E-state index >= 15 is 0 Å². The molecule has 8 heteroatoms. The molecule has 0 radical (unpaired) electrons. The number of amides is 2. The van der Waals surface area contributed by atoms with Crippen molar-refractivity contribution in [2.45, 2.75) is 50.7 Å². The number of hydrogen-bond donors (Lipinski definition) is 1. The Kier molecular flexibility index (Phi) is 9.45. The lowest BCUT2D eigenvalue weighted by Gasteiger charge is -2.33. The first-order valence-corrected chi connectivity index (χ1v) is 12.0. The van der Waals surface area contributed by atoms with E-state index in [2.05, 4.69) is 5.32 Å². The van der Waals surface area contributed by atoms with E-state index < -0.39 is 6.04 Å². The second-order valence-electron chi connectivity index (χ2n) is 8.37. The van der Waals surface area contributed by atoms with E-state index in [1.54, 1.807) is 32.4 Å². The third-order valence-corrected chi connectivity index (χ3v) is 6.39. The van der Waals surface area contributed by atoms with Gasteiger partial charge in [-0.3, -0.25) is 9.59 Å². The molecule has 1 atom stereocenters. The van der Waals surface area contributed by atoms with Gasteiger partial charge < -0.3 is 24.4 Å². The summed E-state index contributed by atoms with van der Waals surface area (Å²) in [7, 11) is 4.68. The summed E-state index contributed by atoms with van der Waals surface area (Å²) in [6.07, 6.45) is 5.21. The molecule has 0 aliphatic heterocycles. The van der Waals surface area contributed by atoms with Crippen LogP contribution in [0.3, 0.4) is 0 Å². The molecule has 7 nitrogen and oxygen atoms in total. The highest BCUT2D eigenvalue weighted by Crippen LogP contribution is 2.33. The van der Waals surface area contributed by atoms with E-state index in [-0.39, 0.29) is 30.3 Å². The maximum atomic E-state index is 13.7. The van der Waals surface area contributed by atoms with Crippen molar-refractivity contribution in [2.24, 2.45) is 0 Å². The van der Waals surface area contributed by atoms with E-state index in [0.29, 0.717) is 22.8 Å². The van der Waals surface area contributed by atoms with Crippen molar-refractivity contribution < 1.29 is 23.8 Å². The van der Waals surface area contributed by atoms with Crippen molar-refractivity contribution in [1.82, 2.24) is 10.2 Å². The number of hydrogen-bond acceptors (Lipinski definition) is 5. The second-order valence-corrected chi connectivity index (χ2v) is 8.63. The van der Waals surface area contributed by atoms with E-state index in [4.69, 9.17) is 25.8 Å². The predicted molar refractivity (Wildman–Crippen MR) is 132 cm³/mol. The van der Waals surface area contributed by atoms with Crippen LogP contribution < -0.4 is 19.5 Å². The van der Waals surface area contributed by atoms with Crippen LogP contribution in [-0.4, -0.2) is 50.0 Å². The number of benzene rings is 2. The summed E-state index contributed by atoms with van der Waals surface area (Å²) in [5.41, 5.74) is 1.45. The van der Waals surface area contributed by atoms with Crippen molar-refractivity contribution in [2.75, 3.05) is 27.2 Å². The van der Waals surface area contributed by atoms with E-state index in [1.807, 2.05) is 24.3 Å². The van der Waals surface area contributed by atoms with Gasteiger partial charge in [-0.15, -0.1) is 11.6 Å². The lowest BCUT2D eigenvalue weighted by molar-refractivity contribution is -0.140. The van der Waals surface area contributed by atoms with Crippen LogP contribution in [0, 0.1) is 0 Å². The molecule has 2 amide bonds. The zero-order valence-corrected chi connectivity index (χ0v) is 20.8. The molecule has 0 aromatic heterocycles. The van der Waals surface area contributed by atoms with Gasteiger partial charge in [0.25, 0.3) is 0 Å². The Hall–Kier alpha value is -2.93. The van der Waals surface area contributed by atoms with Crippen molar-refractivity contribution in [3.8, 4) is 17.2 Å². The Morgan fingerprint density at radius 3 is 2.38 bits per heavy atom. The number of carbonyl (C=O) groups is 2. The van der Waals surface area contributed by atoms with Gasteiger partial charge in [0.05, 0.1) is 21.3 Å². The highest BCUT2D eigenvalue weighted by Gasteiger charge is 2.33. The van der Waals surface area contributed by atoms with Gasteiger partial charge in [-0.2, -0.15) is 0 Å². The third kappa shape index (κ3) is 6.35. The largest absolute Gasteiger partial charge is 0.497 e. The van der Waals surface area contributed by atoms with Crippen LogP contribution in [0.25, 0.3) is 0 Å². The fraction of sp³-hybridized carbons (Fsp3) is 0.462. The Morgan fingerprint density at radius 1 is 1.00 bits per heavy atom. The molecule has 1 N–H and O–H groups in total. The van der Waals surface area contributed by atoms with Gasteiger partial charge in [0.1, 0.15) is 17.7 Å². The minimum atomic E-state index is -0.890. The maximum Gasteiger partial charge on any atom is 0.247 e. The van der Waals surface area contributed by atoms with Crippen LogP contribution in [0.15, 0.2) is 42.5 Å². The molecule has 2 aromatic carbocycles. The molecular formula is C26H33ClN2O5. The van der Waals surface area contributed by atoms with Crippen molar-refractivity contribution in [1.29, 1.82) is 0 Å². The van der Waals surface area contributed by atoms with Gasteiger partial charge in [0, 0.05) is 12.6 Å². The van der Waals surface area contributed by atoms with Gasteiger partial charge in [-0.1, -0.05) is 37.5 Å². The molecule has 2 aromatic rings. The first kappa shape index (κ1) is 25.7. The summed E-state index contributed by atoms with van der Waals surface area (Å²) in [5.74, 6) is 0.870. The molecule has 184 valence electrons. The standard InChI is InChI=1S/C26H33ClN2O5/c1-32-21-11-7-8-18(14-21)17-29(24(30)16-27)25(26(31)28-20-9-5-4-6-10-20)19-12-13-22(33-2)23(15-19)34-3/h7-8,11-15,20,25H,4-6,9-10,16-17H2,1-3H3,(H,28,31)/t25-/m1/s1. The summed E-state index contributed by atoms with van der Waals surface area (Å²) in [4.78, 5) is 28.3. The Bertz CT molecular complexity index is 977. The van der Waals surface area contributed by atoms with Gasteiger partial charge in [0.15, 0.2) is 11.5 Å². The Morgan fingerprint density at radius 2 is 1.74 bits per heavy atom. The van der Waals surface area contributed by atoms with Gasteiger partial charge in [-0.25, -0.2) is 0 Å². The zero-order valence-electron chi connectivity index (χ0n) is 20.0. The lowest BCUT2D eigenvalue weighted by Crippen LogP contribution is -2.47. The molecule has 3 rings (SSSR count). The normalized spacial score (nSPS) is 14.7. The number of alkyl halides is 1. The number of halogens is 1. The Labute approximate surface area is 206 Å². The van der Waals surface area contributed by atoms with Crippen molar-refractivity contribution >= 4 is 23.4 Å². The lowest BCUT2D eigenvalue weighted by atomic mass is 9.94. The van der Waals surface area contributed by atoms with Crippen molar-refractivity contribution in [3.63, 3.8) is 0 Å². The quantitative estimate of drug-likeness (QED) is 0.499. The second kappa shape index (κ2) is 12.5. The van der Waals surface area contributed by atoms with Crippen LogP contribution in [0.4, 0.5) is 0 Å². The summed E-state index contributed by atoms with van der Waals surface area (Å²) >= 11 is 6.01. The molecule has 1 fully saturated rings. The maximum absolute atomic E-state index is 13.7. The molecule has 1 aliphatic rings. The number of methoxy groups -OCH3 is 3. The van der Waals surface area contributed by atoms with Crippen LogP contribution in [0.5, 0.6) is 17.2 Å². The first-order chi connectivity index (χ1) is 16.5. The highest BCUT2D eigenvalue weighted by atomic mass is 35.5. The van der Waals surface area contributed by atoms with Crippen LogP contribution in [-0.2, 0) is 16.1 Å². The fourth-order valence-electron chi connectivity index (χ4n) is 4.39. The number of carbonyl (C=O) groups excluding carboxylic acids is 2. The summed E-state index contributed by atoms with van der Waals surface area (Å²) in [6.45, 7) is 0.194. The molecule has 0 heterocycles. The average Bonchev–Trinajstić information content (AvgIpc) is 2.88. The minimum absolute atomic E-state index is 0.0914. The third-order valence-electron chi connectivity index (χ3n) is 6.16. The highest BCUT2D eigenvalue weighted by molar-refractivity contribution is 6.27. The zero-order chi connectivity index (χ0) is 24.5. The number of ether oxygens (including phenoxy) is 3. The first-order valence-electron chi connectivity index (χ1n) is 11.5.